The molecule has 84 valence electrons. The monoisotopic (exact) mass is 228 g/mol. The van der Waals surface area contributed by atoms with Crippen molar-refractivity contribution in [3.63, 3.8) is 0 Å². The molecule has 0 aliphatic carbocycles. The third kappa shape index (κ3) is 6.59. The van der Waals surface area contributed by atoms with Gasteiger partial charge in [-0.05, 0) is 12.1 Å². The lowest BCUT2D eigenvalue weighted by atomic mass is 10.3. The summed E-state index contributed by atoms with van der Waals surface area (Å²) in [6.45, 7) is 0. The zero-order valence-electron chi connectivity index (χ0n) is 18.0. The standard InChI is InChI=1S/C13H14O3/c14-13-11-9-7-5-3-1-2-4-6-8-10-12-15-16-13/h1-14H/i1D,2D,3D,4D,5D,6D,7D,8D,9D,11D. The SMILES string of the molecule is [2H]C1=C([2H])C([2H])=C([2H])C([2H])=C([2H])C([2H])=C([2H])C([2H])=C([2H])C(O)OOC=C1. The van der Waals surface area contributed by atoms with E-state index in [1.165, 1.54) is 0 Å². The third-order valence-corrected chi connectivity index (χ3v) is 1.06. The van der Waals surface area contributed by atoms with Crippen LogP contribution in [-0.2, 0) is 9.78 Å². The summed E-state index contributed by atoms with van der Waals surface area (Å²) in [4.78, 5) is 8.73. The molecule has 1 rings (SSSR count). The Labute approximate surface area is 109 Å². The lowest BCUT2D eigenvalue weighted by Crippen LogP contribution is -2.06. The maximum atomic E-state index is 9.56. The molecule has 0 aromatic carbocycles. The van der Waals surface area contributed by atoms with E-state index in [2.05, 4.69) is 9.78 Å². The van der Waals surface area contributed by atoms with E-state index in [9.17, 15) is 5.11 Å². The van der Waals surface area contributed by atoms with E-state index < -0.39 is 66.8 Å². The Bertz CT molecular complexity index is 775. The van der Waals surface area contributed by atoms with Crippen LogP contribution in [0.5, 0.6) is 0 Å². The average molecular weight is 228 g/mol. The molecule has 0 radical (unpaired) electrons. The van der Waals surface area contributed by atoms with Crippen molar-refractivity contribution in [1.29, 1.82) is 0 Å². The van der Waals surface area contributed by atoms with Gasteiger partial charge in [0.1, 0.15) is 6.26 Å². The van der Waals surface area contributed by atoms with Crippen molar-refractivity contribution in [2.75, 3.05) is 0 Å². The summed E-state index contributed by atoms with van der Waals surface area (Å²) in [5.41, 5.74) is 0. The Morgan fingerprint density at radius 1 is 0.875 bits per heavy atom. The van der Waals surface area contributed by atoms with Crippen LogP contribution in [0.4, 0.5) is 0 Å². The molecule has 0 fully saturated rings. The van der Waals surface area contributed by atoms with Crippen LogP contribution >= 0.6 is 0 Å². The van der Waals surface area contributed by atoms with Gasteiger partial charge in [-0.15, -0.1) is 0 Å². The number of hydrogen-bond acceptors (Lipinski definition) is 3. The number of hydrogen-bond donors (Lipinski definition) is 1. The Balaban J connectivity index is 3.74. The maximum Gasteiger partial charge on any atom is 0.220 e. The van der Waals surface area contributed by atoms with Gasteiger partial charge >= 0.3 is 0 Å². The number of allylic oxidation sites excluding steroid dienone is 10. The molecular weight excluding hydrogens is 204 g/mol. The highest BCUT2D eigenvalue weighted by atomic mass is 17.2. The van der Waals surface area contributed by atoms with Crippen molar-refractivity contribution >= 4 is 0 Å². The molecule has 3 nitrogen and oxygen atoms in total. The number of rotatable bonds is 0. The number of aliphatic hydroxyl groups excluding tert-OH is 1. The third-order valence-electron chi connectivity index (χ3n) is 1.06. The second kappa shape index (κ2) is 8.47. The summed E-state index contributed by atoms with van der Waals surface area (Å²) in [7, 11) is 0. The lowest BCUT2D eigenvalue weighted by Gasteiger charge is -2.02. The second-order valence-electron chi connectivity index (χ2n) is 2.14. The Morgan fingerprint density at radius 3 is 2.12 bits per heavy atom. The van der Waals surface area contributed by atoms with Crippen LogP contribution in [0.15, 0.2) is 72.9 Å². The van der Waals surface area contributed by atoms with Gasteiger partial charge in [0.15, 0.2) is 0 Å². The van der Waals surface area contributed by atoms with Crippen LogP contribution in [0, 0.1) is 0 Å². The van der Waals surface area contributed by atoms with Gasteiger partial charge in [0.25, 0.3) is 0 Å². The second-order valence-corrected chi connectivity index (χ2v) is 2.14. The molecule has 0 amide bonds. The minimum Gasteiger partial charge on any atom is -0.362 e. The van der Waals surface area contributed by atoms with Crippen molar-refractivity contribution in [2.24, 2.45) is 0 Å². The molecule has 0 spiro atoms. The normalized spacial score (nSPS) is 36.4. The van der Waals surface area contributed by atoms with Crippen LogP contribution in [-0.4, -0.2) is 11.4 Å². The van der Waals surface area contributed by atoms with Crippen LogP contribution in [0.3, 0.4) is 0 Å². The molecule has 0 aromatic heterocycles. The van der Waals surface area contributed by atoms with Gasteiger partial charge in [-0.3, -0.25) is 0 Å². The van der Waals surface area contributed by atoms with Crippen LogP contribution < -0.4 is 0 Å². The first-order valence-corrected chi connectivity index (χ1v) is 4.06. The average Bonchev–Trinajstić information content (AvgIpc) is 2.64. The van der Waals surface area contributed by atoms with Gasteiger partial charge in [-0.25, -0.2) is 0 Å². The first-order valence-electron chi connectivity index (χ1n) is 9.06. The fraction of sp³-hybridized carbons (Fsp3) is 0.0769. The zero-order valence-corrected chi connectivity index (χ0v) is 8.00. The number of aliphatic hydroxyl groups is 1. The Morgan fingerprint density at radius 2 is 1.44 bits per heavy atom. The molecule has 0 bridgehead atoms. The fourth-order valence-corrected chi connectivity index (χ4v) is 0.534. The first kappa shape index (κ1) is 4.20. The van der Waals surface area contributed by atoms with Gasteiger partial charge in [-0.2, -0.15) is 4.89 Å². The van der Waals surface area contributed by atoms with Crippen molar-refractivity contribution in [2.45, 2.75) is 6.29 Å². The summed E-state index contributed by atoms with van der Waals surface area (Å²) < 4.78 is 76.4. The molecule has 1 aliphatic rings. The molecule has 1 aliphatic heterocycles. The summed E-state index contributed by atoms with van der Waals surface area (Å²) >= 11 is 0. The van der Waals surface area contributed by atoms with E-state index in [0.717, 1.165) is 6.08 Å². The van der Waals surface area contributed by atoms with E-state index in [1.807, 2.05) is 0 Å². The summed E-state index contributed by atoms with van der Waals surface area (Å²) in [6, 6.07) is -9.16. The van der Waals surface area contributed by atoms with E-state index in [-0.39, 0.29) is 0 Å². The summed E-state index contributed by atoms with van der Waals surface area (Å²) in [6.07, 6.45) is -0.581. The van der Waals surface area contributed by atoms with Crippen LogP contribution in [0.1, 0.15) is 13.7 Å². The Kier molecular flexibility index (Phi) is 2.22. The van der Waals surface area contributed by atoms with Gasteiger partial charge in [0.05, 0.1) is 13.7 Å². The largest absolute Gasteiger partial charge is 0.362 e. The minimum absolute atomic E-state index is 0.613. The highest BCUT2D eigenvalue weighted by Crippen LogP contribution is 1.94. The zero-order chi connectivity index (χ0) is 20.2. The molecule has 1 N–H and O–H groups in total. The Hall–Kier alpha value is -1.84. The maximum absolute atomic E-state index is 9.56. The fourth-order valence-electron chi connectivity index (χ4n) is 0.534. The summed E-state index contributed by atoms with van der Waals surface area (Å²) in [5, 5.41) is 9.56. The van der Waals surface area contributed by atoms with Crippen molar-refractivity contribution in [3.05, 3.63) is 72.9 Å². The van der Waals surface area contributed by atoms with Crippen molar-refractivity contribution < 1.29 is 28.6 Å². The minimum atomic E-state index is -2.12. The van der Waals surface area contributed by atoms with E-state index >= 15 is 0 Å². The van der Waals surface area contributed by atoms with Gasteiger partial charge < -0.3 is 9.99 Å². The van der Waals surface area contributed by atoms with Crippen LogP contribution in [0.25, 0.3) is 0 Å². The summed E-state index contributed by atoms with van der Waals surface area (Å²) in [5.74, 6) is 0. The molecule has 3 heteroatoms. The van der Waals surface area contributed by atoms with Gasteiger partial charge in [0, 0.05) is 0 Å². The smallest absolute Gasteiger partial charge is 0.220 e. The van der Waals surface area contributed by atoms with E-state index in [4.69, 9.17) is 13.7 Å². The molecule has 0 aromatic rings. The van der Waals surface area contributed by atoms with Crippen molar-refractivity contribution in [3.8, 4) is 0 Å². The molecular formula is C13H14O3. The quantitative estimate of drug-likeness (QED) is 0.648. The first-order chi connectivity index (χ1) is 12.0. The topological polar surface area (TPSA) is 38.7 Å². The van der Waals surface area contributed by atoms with Crippen molar-refractivity contribution in [1.82, 2.24) is 0 Å². The van der Waals surface area contributed by atoms with Gasteiger partial charge in [-0.1, -0.05) is 54.5 Å². The van der Waals surface area contributed by atoms with Gasteiger partial charge in [0.2, 0.25) is 6.29 Å². The molecule has 1 atom stereocenters. The molecule has 0 saturated heterocycles. The molecule has 1 unspecified atom stereocenters. The van der Waals surface area contributed by atoms with Crippen LogP contribution in [0.2, 0.25) is 0 Å². The molecule has 1 heterocycles. The molecule has 16 heavy (non-hydrogen) atoms. The predicted molar refractivity (Wildman–Crippen MR) is 63.0 cm³/mol. The molecule has 0 saturated carbocycles. The van der Waals surface area contributed by atoms with E-state index in [1.54, 1.807) is 0 Å². The lowest BCUT2D eigenvalue weighted by molar-refractivity contribution is -0.320. The predicted octanol–water partition coefficient (Wildman–Crippen LogP) is 2.56. The van der Waals surface area contributed by atoms with E-state index in [0.29, 0.717) is 6.26 Å². The highest BCUT2D eigenvalue weighted by molar-refractivity contribution is 5.19. The highest BCUT2D eigenvalue weighted by Gasteiger charge is 1.95.